The highest BCUT2D eigenvalue weighted by molar-refractivity contribution is 6.08. The quantitative estimate of drug-likeness (QED) is 0.697. The van der Waals surface area contributed by atoms with E-state index in [0.717, 1.165) is 25.2 Å². The number of ketones is 1. The number of halogens is 1. The van der Waals surface area contributed by atoms with E-state index >= 15 is 0 Å². The lowest BCUT2D eigenvalue weighted by atomic mass is 10.1. The van der Waals surface area contributed by atoms with Crippen molar-refractivity contribution in [3.8, 4) is 0 Å². The molecule has 1 saturated heterocycles. The number of quaternary nitrogens is 1. The third-order valence-corrected chi connectivity index (χ3v) is 5.51. The molecule has 5 heteroatoms. The minimum atomic E-state index is -0.316. The van der Waals surface area contributed by atoms with E-state index in [0.29, 0.717) is 23.5 Å². The molecule has 1 aliphatic rings. The number of piperazine rings is 1. The van der Waals surface area contributed by atoms with Crippen LogP contribution in [0, 0.1) is 12.7 Å². The molecule has 4 rings (SSSR count). The number of anilines is 1. The first kappa shape index (κ1) is 17.7. The second kappa shape index (κ2) is 7.16. The minimum Gasteiger partial charge on any atom is -0.360 e. The van der Waals surface area contributed by atoms with Crippen molar-refractivity contribution in [2.75, 3.05) is 31.1 Å². The molecule has 1 unspecified atom stereocenters. The van der Waals surface area contributed by atoms with Crippen molar-refractivity contribution in [1.82, 2.24) is 4.98 Å². The van der Waals surface area contributed by atoms with Crippen molar-refractivity contribution in [1.29, 1.82) is 0 Å². The molecule has 4 nitrogen and oxygen atoms in total. The first-order chi connectivity index (χ1) is 13.0. The van der Waals surface area contributed by atoms with E-state index in [-0.39, 0.29) is 11.6 Å². The van der Waals surface area contributed by atoms with E-state index in [1.807, 2.05) is 0 Å². The number of aromatic nitrogens is 1. The summed E-state index contributed by atoms with van der Waals surface area (Å²) >= 11 is 0. The summed E-state index contributed by atoms with van der Waals surface area (Å²) in [5, 5.41) is 0.672. The fourth-order valence-electron chi connectivity index (χ4n) is 4.13. The summed E-state index contributed by atoms with van der Waals surface area (Å²) < 4.78 is 13.6. The molecular weight excluding hydrogens is 341 g/mol. The monoisotopic (exact) mass is 366 g/mol. The Bertz CT molecular complexity index is 981. The van der Waals surface area contributed by atoms with Gasteiger partial charge >= 0.3 is 0 Å². The van der Waals surface area contributed by atoms with Gasteiger partial charge < -0.3 is 14.8 Å². The summed E-state index contributed by atoms with van der Waals surface area (Å²) in [6.45, 7) is 7.52. The van der Waals surface area contributed by atoms with E-state index in [1.165, 1.54) is 28.3 Å². The number of fused-ring (bicyclic) bond motifs is 1. The summed E-state index contributed by atoms with van der Waals surface area (Å²) in [5.74, 6) is -0.248. The molecular formula is C22H25FN3O+. The molecule has 0 saturated carbocycles. The Morgan fingerprint density at radius 2 is 2.15 bits per heavy atom. The van der Waals surface area contributed by atoms with E-state index in [9.17, 15) is 9.18 Å². The molecule has 0 amide bonds. The van der Waals surface area contributed by atoms with Gasteiger partial charge in [0.1, 0.15) is 12.4 Å². The zero-order valence-electron chi connectivity index (χ0n) is 15.8. The first-order valence-electron chi connectivity index (χ1n) is 9.48. The lowest BCUT2D eigenvalue weighted by Crippen LogP contribution is -3.16. The topological polar surface area (TPSA) is 40.5 Å². The van der Waals surface area contributed by atoms with E-state index < -0.39 is 0 Å². The van der Waals surface area contributed by atoms with Crippen molar-refractivity contribution in [3.05, 3.63) is 65.6 Å². The van der Waals surface area contributed by atoms with Crippen molar-refractivity contribution in [2.45, 2.75) is 19.9 Å². The molecule has 2 aromatic carbocycles. The van der Waals surface area contributed by atoms with Gasteiger partial charge in [-0.25, -0.2) is 4.39 Å². The third-order valence-electron chi connectivity index (χ3n) is 5.51. The van der Waals surface area contributed by atoms with Crippen molar-refractivity contribution in [2.24, 2.45) is 0 Å². The molecule has 140 valence electrons. The molecule has 1 aliphatic heterocycles. The van der Waals surface area contributed by atoms with Crippen LogP contribution < -0.4 is 9.80 Å². The second-order valence-electron chi connectivity index (χ2n) is 7.58. The van der Waals surface area contributed by atoms with Crippen LogP contribution in [0.25, 0.3) is 10.9 Å². The zero-order valence-corrected chi connectivity index (χ0v) is 15.8. The lowest BCUT2D eigenvalue weighted by molar-refractivity contribution is -0.894. The maximum Gasteiger partial charge on any atom is 0.219 e. The Labute approximate surface area is 158 Å². The molecule has 2 heterocycles. The SMILES string of the molecule is Cc1cccc(N2CC[NH+](CC(=O)c3c[nH]c4ccc(F)cc34)C[C@@H]2C)c1. The van der Waals surface area contributed by atoms with Gasteiger partial charge in [0.15, 0.2) is 0 Å². The van der Waals surface area contributed by atoms with Crippen LogP contribution in [0.3, 0.4) is 0 Å². The van der Waals surface area contributed by atoms with Gasteiger partial charge in [0, 0.05) is 28.4 Å². The number of hydrogen-bond acceptors (Lipinski definition) is 2. The van der Waals surface area contributed by atoms with Gasteiger partial charge in [-0.15, -0.1) is 0 Å². The highest BCUT2D eigenvalue weighted by atomic mass is 19.1. The maximum absolute atomic E-state index is 13.6. The molecule has 1 fully saturated rings. The van der Waals surface area contributed by atoms with Crippen LogP contribution in [0.2, 0.25) is 0 Å². The number of benzene rings is 2. The molecule has 0 spiro atoms. The summed E-state index contributed by atoms with van der Waals surface area (Å²) in [6, 6.07) is 13.5. The fourth-order valence-corrected chi connectivity index (χ4v) is 4.13. The average Bonchev–Trinajstić information content (AvgIpc) is 3.05. The van der Waals surface area contributed by atoms with Gasteiger partial charge in [-0.3, -0.25) is 4.79 Å². The van der Waals surface area contributed by atoms with Crippen LogP contribution in [-0.2, 0) is 0 Å². The average molecular weight is 366 g/mol. The smallest absolute Gasteiger partial charge is 0.219 e. The molecule has 0 bridgehead atoms. The highest BCUT2D eigenvalue weighted by Crippen LogP contribution is 2.20. The van der Waals surface area contributed by atoms with Gasteiger partial charge in [-0.1, -0.05) is 12.1 Å². The third kappa shape index (κ3) is 3.60. The van der Waals surface area contributed by atoms with Crippen molar-refractivity contribution in [3.63, 3.8) is 0 Å². The number of nitrogens with one attached hydrogen (secondary N) is 2. The van der Waals surface area contributed by atoms with Crippen LogP contribution in [0.5, 0.6) is 0 Å². The summed E-state index contributed by atoms with van der Waals surface area (Å²) in [6.07, 6.45) is 1.71. The molecule has 0 aliphatic carbocycles. The molecule has 2 N–H and O–H groups in total. The highest BCUT2D eigenvalue weighted by Gasteiger charge is 2.29. The van der Waals surface area contributed by atoms with Gasteiger partial charge in [-0.2, -0.15) is 0 Å². The predicted octanol–water partition coefficient (Wildman–Crippen LogP) is 2.59. The fraction of sp³-hybridized carbons (Fsp3) is 0.318. The van der Waals surface area contributed by atoms with E-state index in [4.69, 9.17) is 0 Å². The first-order valence-corrected chi connectivity index (χ1v) is 9.48. The van der Waals surface area contributed by atoms with Crippen molar-refractivity contribution < 1.29 is 14.1 Å². The van der Waals surface area contributed by atoms with Crippen LogP contribution >= 0.6 is 0 Å². The second-order valence-corrected chi connectivity index (χ2v) is 7.58. The van der Waals surface area contributed by atoms with Crippen LogP contribution in [0.4, 0.5) is 10.1 Å². The van der Waals surface area contributed by atoms with Gasteiger partial charge in [-0.05, 0) is 49.7 Å². The number of aryl methyl sites for hydroxylation is 1. The molecule has 27 heavy (non-hydrogen) atoms. The van der Waals surface area contributed by atoms with Crippen LogP contribution in [-0.4, -0.2) is 43.0 Å². The van der Waals surface area contributed by atoms with Crippen molar-refractivity contribution >= 4 is 22.4 Å². The van der Waals surface area contributed by atoms with E-state index in [2.05, 4.69) is 48.0 Å². The largest absolute Gasteiger partial charge is 0.360 e. The van der Waals surface area contributed by atoms with Gasteiger partial charge in [0.05, 0.1) is 25.7 Å². The molecule has 3 aromatic rings. The minimum absolute atomic E-state index is 0.0676. The molecule has 2 atom stereocenters. The number of H-pyrrole nitrogens is 1. The number of carbonyl (C=O) groups is 1. The summed E-state index contributed by atoms with van der Waals surface area (Å²) in [5.41, 5.74) is 3.90. The number of carbonyl (C=O) groups excluding carboxylic acids is 1. The predicted molar refractivity (Wildman–Crippen MR) is 106 cm³/mol. The Balaban J connectivity index is 1.45. The Hall–Kier alpha value is -2.66. The van der Waals surface area contributed by atoms with Gasteiger partial charge in [0.2, 0.25) is 5.78 Å². The maximum atomic E-state index is 13.6. The van der Waals surface area contributed by atoms with Crippen LogP contribution in [0.15, 0.2) is 48.7 Å². The number of rotatable bonds is 4. The summed E-state index contributed by atoms with van der Waals surface area (Å²) in [7, 11) is 0. The Kier molecular flexibility index (Phi) is 4.70. The number of hydrogen-bond donors (Lipinski definition) is 2. The Morgan fingerprint density at radius 3 is 2.93 bits per heavy atom. The number of aromatic amines is 1. The zero-order chi connectivity index (χ0) is 19.0. The lowest BCUT2D eigenvalue weighted by Gasteiger charge is -2.38. The normalized spacial score (nSPS) is 20.2. The van der Waals surface area contributed by atoms with E-state index in [1.54, 1.807) is 12.3 Å². The number of Topliss-reactive ketones (excluding diaryl/α,β-unsaturated/α-hetero) is 1. The molecule has 1 aromatic heterocycles. The summed E-state index contributed by atoms with van der Waals surface area (Å²) in [4.78, 5) is 19.6. The number of nitrogens with zero attached hydrogens (tertiary/aromatic N) is 1. The molecule has 0 radical (unpaired) electrons. The van der Waals surface area contributed by atoms with Crippen LogP contribution in [0.1, 0.15) is 22.8 Å². The standard InChI is InChI=1S/C22H24FN3O/c1-15-4-3-5-18(10-15)26-9-8-25(13-16(26)2)14-22(27)20-12-24-21-7-6-17(23)11-19(20)21/h3-7,10-12,16,24H,8-9,13-14H2,1-2H3/p+1/t16-/m0/s1. The Morgan fingerprint density at radius 1 is 1.30 bits per heavy atom. The van der Waals surface area contributed by atoms with Gasteiger partial charge in [0.25, 0.3) is 0 Å².